The van der Waals surface area contributed by atoms with Gasteiger partial charge in [0.1, 0.15) is 0 Å². The number of carbonyl (C=O) groups excluding carboxylic acids is 1. The van der Waals surface area contributed by atoms with Crippen LogP contribution < -0.4 is 10.6 Å². The summed E-state index contributed by atoms with van der Waals surface area (Å²) in [6.45, 7) is 0. The Morgan fingerprint density at radius 2 is 1.82 bits per heavy atom. The van der Waals surface area contributed by atoms with Crippen LogP contribution in [0.25, 0.3) is 10.9 Å². The van der Waals surface area contributed by atoms with Crippen molar-refractivity contribution in [3.63, 3.8) is 0 Å². The third-order valence-electron chi connectivity index (χ3n) is 4.02. The Hall–Kier alpha value is -4.07. The zero-order chi connectivity index (χ0) is 19.3. The number of rotatable bonds is 5. The highest BCUT2D eigenvalue weighted by Gasteiger charge is 2.07. The Bertz CT molecular complexity index is 1130. The molecule has 4 rings (SSSR count). The quantitative estimate of drug-likeness (QED) is 0.511. The summed E-state index contributed by atoms with van der Waals surface area (Å²) in [4.78, 5) is 20.3. The van der Waals surface area contributed by atoms with Gasteiger partial charge in [-0.25, -0.2) is 4.79 Å². The van der Waals surface area contributed by atoms with E-state index in [1.54, 1.807) is 30.5 Å². The van der Waals surface area contributed by atoms with E-state index in [1.165, 1.54) is 13.3 Å². The number of fused-ring (bicyclic) bond motifs is 1. The molecule has 8 nitrogen and oxygen atoms in total. The number of benzene rings is 2. The molecule has 8 heteroatoms. The predicted octanol–water partition coefficient (Wildman–Crippen LogP) is 3.69. The molecule has 0 amide bonds. The number of pyridine rings is 1. The second-order valence-electron chi connectivity index (χ2n) is 5.86. The van der Waals surface area contributed by atoms with Crippen LogP contribution in [-0.2, 0) is 4.74 Å². The zero-order valence-corrected chi connectivity index (χ0v) is 15.0. The van der Waals surface area contributed by atoms with Gasteiger partial charge in [-0.2, -0.15) is 10.1 Å². The van der Waals surface area contributed by atoms with Gasteiger partial charge in [-0.3, -0.25) is 4.98 Å². The van der Waals surface area contributed by atoms with Crippen LogP contribution in [0.15, 0.2) is 67.0 Å². The summed E-state index contributed by atoms with van der Waals surface area (Å²) in [5.41, 5.74) is 2.84. The molecule has 2 aromatic carbocycles. The molecule has 0 atom stereocenters. The Morgan fingerprint density at radius 1 is 1.00 bits per heavy atom. The molecule has 2 heterocycles. The Balaban J connectivity index is 1.54. The predicted molar refractivity (Wildman–Crippen MR) is 106 cm³/mol. The van der Waals surface area contributed by atoms with Gasteiger partial charge in [0.15, 0.2) is 5.82 Å². The number of aromatic nitrogens is 4. The molecule has 4 aromatic rings. The highest BCUT2D eigenvalue weighted by atomic mass is 16.5. The molecule has 138 valence electrons. The second kappa shape index (κ2) is 7.67. The third kappa shape index (κ3) is 3.70. The van der Waals surface area contributed by atoms with Gasteiger partial charge < -0.3 is 15.4 Å². The second-order valence-corrected chi connectivity index (χ2v) is 5.86. The molecular formula is C20H16N6O2. The standard InChI is InChI=1S/C20H16N6O2/c1-28-19(27)14-7-9-15(10-8-14)23-17-12-22-26-20(25-17)24-16-6-2-4-13-5-3-11-21-18(13)16/h2-12H,1H3,(H2,23,24,25,26). The highest BCUT2D eigenvalue weighted by Crippen LogP contribution is 2.23. The minimum atomic E-state index is -0.384. The van der Waals surface area contributed by atoms with E-state index in [2.05, 4.69) is 30.8 Å². The van der Waals surface area contributed by atoms with Crippen LogP contribution in [0.1, 0.15) is 10.4 Å². The lowest BCUT2D eigenvalue weighted by atomic mass is 10.2. The van der Waals surface area contributed by atoms with Crippen LogP contribution in [0.2, 0.25) is 0 Å². The SMILES string of the molecule is COC(=O)c1ccc(Nc2cnnc(Nc3cccc4cccnc34)n2)cc1. The monoisotopic (exact) mass is 372 g/mol. The van der Waals surface area contributed by atoms with E-state index in [1.807, 2.05) is 30.3 Å². The first-order valence-corrected chi connectivity index (χ1v) is 8.49. The lowest BCUT2D eigenvalue weighted by molar-refractivity contribution is 0.0601. The minimum absolute atomic E-state index is 0.342. The number of carbonyl (C=O) groups is 1. The summed E-state index contributed by atoms with van der Waals surface area (Å²) in [6, 6.07) is 16.6. The van der Waals surface area contributed by atoms with Gasteiger partial charge in [0.2, 0.25) is 5.95 Å². The zero-order valence-electron chi connectivity index (χ0n) is 15.0. The van der Waals surface area contributed by atoms with Gasteiger partial charge in [0, 0.05) is 17.3 Å². The molecule has 28 heavy (non-hydrogen) atoms. The van der Waals surface area contributed by atoms with Crippen molar-refractivity contribution in [2.45, 2.75) is 0 Å². The van der Waals surface area contributed by atoms with Crippen molar-refractivity contribution < 1.29 is 9.53 Å². The van der Waals surface area contributed by atoms with Crippen molar-refractivity contribution in [2.75, 3.05) is 17.7 Å². The number of ether oxygens (including phenoxy) is 1. The molecule has 0 fully saturated rings. The number of hydrogen-bond acceptors (Lipinski definition) is 8. The fourth-order valence-electron chi connectivity index (χ4n) is 2.70. The van der Waals surface area contributed by atoms with Crippen LogP contribution in [-0.4, -0.2) is 33.2 Å². The van der Waals surface area contributed by atoms with E-state index in [-0.39, 0.29) is 5.97 Å². The number of nitrogens with zero attached hydrogens (tertiary/aromatic N) is 4. The molecule has 0 saturated carbocycles. The maximum Gasteiger partial charge on any atom is 0.337 e. The first kappa shape index (κ1) is 17.3. The molecule has 0 bridgehead atoms. The normalized spacial score (nSPS) is 10.5. The van der Waals surface area contributed by atoms with Crippen LogP contribution in [0.4, 0.5) is 23.1 Å². The van der Waals surface area contributed by atoms with E-state index < -0.39 is 0 Å². The Morgan fingerprint density at radius 3 is 2.64 bits per heavy atom. The first-order chi connectivity index (χ1) is 13.7. The summed E-state index contributed by atoms with van der Waals surface area (Å²) in [7, 11) is 1.35. The number of anilines is 4. The van der Waals surface area contributed by atoms with Gasteiger partial charge in [0.05, 0.1) is 30.1 Å². The molecule has 0 aliphatic rings. The molecule has 0 saturated heterocycles. The van der Waals surface area contributed by atoms with Crippen molar-refractivity contribution in [1.82, 2.24) is 20.2 Å². The molecule has 0 spiro atoms. The summed E-state index contributed by atoms with van der Waals surface area (Å²) < 4.78 is 4.69. The largest absolute Gasteiger partial charge is 0.465 e. The Labute approximate surface area is 160 Å². The molecule has 0 radical (unpaired) electrons. The van der Waals surface area contributed by atoms with Crippen molar-refractivity contribution >= 4 is 40.0 Å². The van der Waals surface area contributed by atoms with Crippen LogP contribution in [0.5, 0.6) is 0 Å². The number of hydrogen-bond donors (Lipinski definition) is 2. The van der Waals surface area contributed by atoms with Gasteiger partial charge in [-0.1, -0.05) is 18.2 Å². The first-order valence-electron chi connectivity index (χ1n) is 8.49. The van der Waals surface area contributed by atoms with Crippen molar-refractivity contribution in [3.8, 4) is 0 Å². The molecule has 2 N–H and O–H groups in total. The highest BCUT2D eigenvalue weighted by molar-refractivity contribution is 5.91. The number of para-hydroxylation sites is 1. The minimum Gasteiger partial charge on any atom is -0.465 e. The van der Waals surface area contributed by atoms with E-state index in [4.69, 9.17) is 4.74 Å². The van der Waals surface area contributed by atoms with E-state index >= 15 is 0 Å². The lowest BCUT2D eigenvalue weighted by Crippen LogP contribution is -2.04. The average Bonchev–Trinajstić information content (AvgIpc) is 2.74. The molecule has 0 aliphatic heterocycles. The molecule has 2 aromatic heterocycles. The van der Waals surface area contributed by atoms with Crippen LogP contribution >= 0.6 is 0 Å². The fourth-order valence-corrected chi connectivity index (χ4v) is 2.70. The lowest BCUT2D eigenvalue weighted by Gasteiger charge is -2.09. The average molecular weight is 372 g/mol. The van der Waals surface area contributed by atoms with E-state index in [9.17, 15) is 4.79 Å². The van der Waals surface area contributed by atoms with Gasteiger partial charge >= 0.3 is 5.97 Å². The van der Waals surface area contributed by atoms with Crippen molar-refractivity contribution in [2.24, 2.45) is 0 Å². The topological polar surface area (TPSA) is 102 Å². The van der Waals surface area contributed by atoms with Crippen LogP contribution in [0, 0.1) is 0 Å². The van der Waals surface area contributed by atoms with E-state index in [0.717, 1.165) is 22.3 Å². The molecular weight excluding hydrogens is 356 g/mol. The Kier molecular flexibility index (Phi) is 4.75. The van der Waals surface area contributed by atoms with Gasteiger partial charge in [-0.05, 0) is 36.4 Å². The van der Waals surface area contributed by atoms with Gasteiger partial charge in [-0.15, -0.1) is 5.10 Å². The number of nitrogens with one attached hydrogen (secondary N) is 2. The van der Waals surface area contributed by atoms with Gasteiger partial charge in [0.25, 0.3) is 0 Å². The van der Waals surface area contributed by atoms with Crippen LogP contribution in [0.3, 0.4) is 0 Å². The molecule has 0 aliphatic carbocycles. The summed E-state index contributed by atoms with van der Waals surface area (Å²) in [6.07, 6.45) is 3.25. The van der Waals surface area contributed by atoms with E-state index in [0.29, 0.717) is 17.3 Å². The van der Waals surface area contributed by atoms with Crippen molar-refractivity contribution in [3.05, 3.63) is 72.6 Å². The summed E-state index contributed by atoms with van der Waals surface area (Å²) >= 11 is 0. The summed E-state index contributed by atoms with van der Waals surface area (Å²) in [5, 5.41) is 15.3. The maximum absolute atomic E-state index is 11.5. The smallest absolute Gasteiger partial charge is 0.337 e. The maximum atomic E-state index is 11.5. The van der Waals surface area contributed by atoms with Crippen molar-refractivity contribution in [1.29, 1.82) is 0 Å². The number of methoxy groups -OCH3 is 1. The molecule has 0 unspecified atom stereocenters. The fraction of sp³-hybridized carbons (Fsp3) is 0.0500. The number of esters is 1. The summed E-state index contributed by atoms with van der Waals surface area (Å²) in [5.74, 6) is 0.469. The third-order valence-corrected chi connectivity index (χ3v) is 4.02.